The van der Waals surface area contributed by atoms with Crippen LogP contribution in [0.2, 0.25) is 0 Å². The fourth-order valence-electron chi connectivity index (χ4n) is 16.6. The van der Waals surface area contributed by atoms with Gasteiger partial charge in [-0.15, -0.1) is 22.7 Å². The molecule has 0 saturated heterocycles. The number of hydrogen-bond acceptors (Lipinski definition) is 6. The van der Waals surface area contributed by atoms with Crippen LogP contribution in [0.1, 0.15) is 44.5 Å². The van der Waals surface area contributed by atoms with Crippen LogP contribution in [-0.2, 0) is 10.8 Å². The van der Waals surface area contributed by atoms with Crippen LogP contribution in [0.4, 0.5) is 34.1 Å². The van der Waals surface area contributed by atoms with Gasteiger partial charge < -0.3 is 19.3 Å². The van der Waals surface area contributed by atoms with E-state index < -0.39 is 10.8 Å². The van der Waals surface area contributed by atoms with Crippen LogP contribution in [-0.4, -0.2) is 0 Å². The van der Waals surface area contributed by atoms with Crippen LogP contribution in [0.5, 0.6) is 23.0 Å². The maximum Gasteiger partial charge on any atom is 0.132 e. The van der Waals surface area contributed by atoms with Crippen molar-refractivity contribution in [3.05, 3.63) is 396 Å². The second-order valence-corrected chi connectivity index (χ2v) is 27.8. The Kier molecular flexibility index (Phi) is 12.8. The molecule has 0 radical (unpaired) electrons. The molecule has 4 aliphatic rings. The van der Waals surface area contributed by atoms with Gasteiger partial charge in [0.05, 0.1) is 31.6 Å². The van der Waals surface area contributed by atoms with Gasteiger partial charge in [0.2, 0.25) is 0 Å². The molecule has 98 heavy (non-hydrogen) atoms. The van der Waals surface area contributed by atoms with E-state index in [4.69, 9.17) is 9.47 Å². The van der Waals surface area contributed by atoms with Crippen molar-refractivity contribution in [3.8, 4) is 56.4 Å². The first-order valence-corrected chi connectivity index (χ1v) is 35.1. The minimum atomic E-state index is -0.488. The van der Waals surface area contributed by atoms with Gasteiger partial charge in [0.1, 0.15) is 23.0 Å². The van der Waals surface area contributed by atoms with Crippen molar-refractivity contribution in [2.75, 3.05) is 9.80 Å². The van der Waals surface area contributed by atoms with E-state index in [1.165, 1.54) is 130 Å². The first kappa shape index (κ1) is 56.3. The molecule has 0 N–H and O–H groups in total. The summed E-state index contributed by atoms with van der Waals surface area (Å²) in [7, 11) is 0. The summed E-state index contributed by atoms with van der Waals surface area (Å²) in [4.78, 5) is 4.80. The molecule has 0 unspecified atom stereocenters. The van der Waals surface area contributed by atoms with E-state index in [0.29, 0.717) is 0 Å². The number of nitrogens with zero attached hydrogens (tertiary/aromatic N) is 2. The summed E-state index contributed by atoms with van der Waals surface area (Å²) < 4.78 is 18.3. The van der Waals surface area contributed by atoms with Crippen molar-refractivity contribution in [1.29, 1.82) is 0 Å². The van der Waals surface area contributed by atoms with E-state index in [9.17, 15) is 0 Å². The van der Waals surface area contributed by atoms with Gasteiger partial charge in [-0.2, -0.15) is 0 Å². The van der Waals surface area contributed by atoms with Crippen molar-refractivity contribution in [2.24, 2.45) is 0 Å². The molecule has 460 valence electrons. The summed E-state index contributed by atoms with van der Waals surface area (Å²) in [6.07, 6.45) is 0. The zero-order valence-electron chi connectivity index (χ0n) is 53.0. The molecule has 6 heteroatoms. The lowest BCUT2D eigenvalue weighted by atomic mass is 9.66. The van der Waals surface area contributed by atoms with Crippen molar-refractivity contribution >= 4 is 97.1 Å². The molecule has 17 aromatic rings. The molecule has 0 fully saturated rings. The number of thiophene rings is 2. The highest BCUT2D eigenvalue weighted by atomic mass is 32.1. The fourth-order valence-corrected chi connectivity index (χ4v) is 19.1. The molecule has 15 aromatic carbocycles. The Labute approximate surface area is 576 Å². The van der Waals surface area contributed by atoms with Crippen LogP contribution in [0.15, 0.2) is 352 Å². The lowest BCUT2D eigenvalue weighted by Crippen LogP contribution is -2.32. The van der Waals surface area contributed by atoms with Gasteiger partial charge in [0.15, 0.2) is 0 Å². The molecule has 2 aliphatic heterocycles. The minimum absolute atomic E-state index is 0.468. The van der Waals surface area contributed by atoms with Gasteiger partial charge in [-0.1, -0.05) is 243 Å². The third-order valence-corrected chi connectivity index (χ3v) is 23.0. The highest BCUT2D eigenvalue weighted by molar-refractivity contribution is 7.27. The van der Waals surface area contributed by atoms with E-state index in [0.717, 1.165) is 45.7 Å². The molecule has 21 rings (SSSR count). The Morgan fingerprint density at radius 3 is 0.969 bits per heavy atom. The molecule has 2 spiro atoms. The number of hydrogen-bond donors (Lipinski definition) is 0. The average molecular weight is 1290 g/mol. The highest BCUT2D eigenvalue weighted by Gasteiger charge is 2.53. The zero-order chi connectivity index (χ0) is 64.5. The zero-order valence-corrected chi connectivity index (χ0v) is 54.6. The molecule has 0 saturated carbocycles. The number of benzene rings is 15. The number of fused-ring (bicyclic) bond motifs is 24. The third-order valence-electron chi connectivity index (χ3n) is 20.6. The van der Waals surface area contributed by atoms with Gasteiger partial charge in [0.25, 0.3) is 0 Å². The maximum atomic E-state index is 6.59. The Bertz CT molecular complexity index is 5910. The monoisotopic (exact) mass is 1290 g/mol. The van der Waals surface area contributed by atoms with Gasteiger partial charge in [-0.05, 0) is 165 Å². The van der Waals surface area contributed by atoms with Gasteiger partial charge in [-0.25, -0.2) is 0 Å². The summed E-state index contributed by atoms with van der Waals surface area (Å²) in [5.74, 6) is 3.67. The Morgan fingerprint density at radius 2 is 0.551 bits per heavy atom. The van der Waals surface area contributed by atoms with Crippen LogP contribution < -0.4 is 19.3 Å². The Hall–Kier alpha value is -12.1. The molecule has 2 aromatic heterocycles. The molecular weight excluding hydrogens is 1230 g/mol. The van der Waals surface area contributed by atoms with Crippen molar-refractivity contribution in [2.45, 2.75) is 10.8 Å². The molecule has 4 nitrogen and oxygen atoms in total. The molecule has 0 amide bonds. The summed E-state index contributed by atoms with van der Waals surface area (Å²) in [6.45, 7) is 0. The molecule has 2 aliphatic carbocycles. The Balaban J connectivity index is 0.000000134. The van der Waals surface area contributed by atoms with Crippen molar-refractivity contribution in [3.63, 3.8) is 0 Å². The van der Waals surface area contributed by atoms with Crippen molar-refractivity contribution in [1.82, 2.24) is 0 Å². The van der Waals surface area contributed by atoms with Crippen LogP contribution in [0.25, 0.3) is 73.7 Å². The van der Waals surface area contributed by atoms with E-state index >= 15 is 0 Å². The number of ether oxygens (including phenoxy) is 2. The van der Waals surface area contributed by atoms with Gasteiger partial charge >= 0.3 is 0 Å². The van der Waals surface area contributed by atoms with E-state index in [2.05, 4.69) is 362 Å². The summed E-state index contributed by atoms with van der Waals surface area (Å²) in [5, 5.41) is 5.13. The van der Waals surface area contributed by atoms with Crippen LogP contribution >= 0.6 is 22.7 Å². The molecule has 0 bridgehead atoms. The normalized spacial score (nSPS) is 13.4. The largest absolute Gasteiger partial charge is 0.457 e. The van der Waals surface area contributed by atoms with E-state index in [1.807, 2.05) is 22.7 Å². The minimum Gasteiger partial charge on any atom is -0.457 e. The predicted octanol–water partition coefficient (Wildman–Crippen LogP) is 25.7. The number of para-hydroxylation sites is 7. The lowest BCUT2D eigenvalue weighted by molar-refractivity contribution is 0.436. The molecule has 4 heterocycles. The third kappa shape index (κ3) is 8.29. The van der Waals surface area contributed by atoms with Gasteiger partial charge in [0, 0.05) is 75.9 Å². The lowest BCUT2D eigenvalue weighted by Gasteiger charge is -2.39. The SMILES string of the molecule is c1ccc(-c2cccc(N(c3ccccc3)c3cccc4c3sc3cc5c(cc34)-c3ccccc3C53c4ccccc4Oc4ccccc43)c2)cc1.c1ccc(N(c2ccccc2)c2cccc3c2sc2cc4c(cc23)-c2ccccc2C42c3ccccc3Oc3ccccc32)cc1. The summed E-state index contributed by atoms with van der Waals surface area (Å²) in [6, 6.07) is 127. The van der Waals surface area contributed by atoms with Crippen LogP contribution in [0.3, 0.4) is 0 Å². The van der Waals surface area contributed by atoms with E-state index in [-0.39, 0.29) is 0 Å². The predicted molar refractivity (Wildman–Crippen MR) is 408 cm³/mol. The van der Waals surface area contributed by atoms with Gasteiger partial charge in [-0.3, -0.25) is 0 Å². The smallest absolute Gasteiger partial charge is 0.132 e. The Morgan fingerprint density at radius 1 is 0.224 bits per heavy atom. The molecule has 0 atom stereocenters. The first-order chi connectivity index (χ1) is 48.6. The average Bonchev–Trinajstić information content (AvgIpc) is 1.49. The van der Waals surface area contributed by atoms with Crippen LogP contribution in [0, 0.1) is 0 Å². The number of anilines is 6. The first-order valence-electron chi connectivity index (χ1n) is 33.5. The number of rotatable bonds is 7. The quantitative estimate of drug-likeness (QED) is 0.159. The van der Waals surface area contributed by atoms with Crippen molar-refractivity contribution < 1.29 is 9.47 Å². The fraction of sp³-hybridized carbons (Fsp3) is 0.0217. The summed E-state index contributed by atoms with van der Waals surface area (Å²) >= 11 is 3.78. The second-order valence-electron chi connectivity index (χ2n) is 25.7. The maximum absolute atomic E-state index is 6.59. The summed E-state index contributed by atoms with van der Waals surface area (Å²) in [5.41, 5.74) is 23.5. The molecular formula is C92H58N2O2S2. The topological polar surface area (TPSA) is 24.9 Å². The second kappa shape index (κ2) is 22.3. The highest BCUT2D eigenvalue weighted by Crippen LogP contribution is 2.65. The standard InChI is InChI=1S/C49H31NOS.C43H27NOS/c1-3-15-32(16-4-1)33-17-13-20-35(29-33)50(34-18-5-2-6-19-34)44-26-14-22-37-39-30-38-36-21-7-8-23-40(36)49(43(38)31-47(39)52-48(37)44)41-24-9-11-27-45(41)51-46-28-12-10-25-42(46)49;1-3-14-28(15-4-1)44(29-16-5-2-6-17-29)38-23-13-19-31-33-26-32-30-18-7-8-20-34(30)43(37(32)27-41(33)46-42(31)38)35-21-9-11-24-39(35)45-40-25-12-10-22-36(40)43/h1-31H;1-27H. The van der Waals surface area contributed by atoms with E-state index in [1.54, 1.807) is 0 Å².